The summed E-state index contributed by atoms with van der Waals surface area (Å²) in [5.74, 6) is 3.72. The van der Waals surface area contributed by atoms with E-state index in [0.29, 0.717) is 25.3 Å². The third-order valence-electron chi connectivity index (χ3n) is 3.49. The van der Waals surface area contributed by atoms with Crippen molar-refractivity contribution in [3.63, 3.8) is 0 Å². The molecule has 0 aliphatic carbocycles. The Morgan fingerprint density at radius 3 is 2.58 bits per heavy atom. The van der Waals surface area contributed by atoms with Crippen LogP contribution in [0.2, 0.25) is 0 Å². The minimum absolute atomic E-state index is 0.00891. The van der Waals surface area contributed by atoms with Crippen molar-refractivity contribution in [1.29, 1.82) is 0 Å². The van der Waals surface area contributed by atoms with E-state index >= 15 is 0 Å². The molecule has 0 radical (unpaired) electrons. The Kier molecular flexibility index (Phi) is 7.36. The summed E-state index contributed by atoms with van der Waals surface area (Å²) in [6, 6.07) is 5.64. The number of aliphatic hydroxyl groups excluding tert-OH is 3. The number of hydrogen-bond acceptors (Lipinski definition) is 7. The number of anilines is 2. The summed E-state index contributed by atoms with van der Waals surface area (Å²) in [5, 5.41) is 27.3. The standard InChI is InChI=1S/C17H23N3O3S/c18-14-1-2-16(20(4-7-22)5-8-23)15(10-14)17-9-13(12-24-17)11-19-3-6-21/h1-2,9-10,21-23H,3-8,12,18H2. The van der Waals surface area contributed by atoms with Crippen LogP contribution in [0.5, 0.6) is 0 Å². The number of nitrogen functional groups attached to an aromatic ring is 1. The molecule has 2 rings (SSSR count). The van der Waals surface area contributed by atoms with Gasteiger partial charge >= 0.3 is 0 Å². The molecule has 0 aromatic heterocycles. The van der Waals surface area contributed by atoms with Crippen LogP contribution in [0.4, 0.5) is 11.4 Å². The first-order valence-corrected chi connectivity index (χ1v) is 8.78. The zero-order valence-corrected chi connectivity index (χ0v) is 14.3. The van der Waals surface area contributed by atoms with Gasteiger partial charge in [0.1, 0.15) is 0 Å². The zero-order valence-electron chi connectivity index (χ0n) is 13.5. The van der Waals surface area contributed by atoms with Gasteiger partial charge < -0.3 is 26.0 Å². The summed E-state index contributed by atoms with van der Waals surface area (Å²) >= 11 is 1.67. The van der Waals surface area contributed by atoms with Crippen molar-refractivity contribution < 1.29 is 15.3 Å². The van der Waals surface area contributed by atoms with Gasteiger partial charge in [-0.3, -0.25) is 0 Å². The minimum Gasteiger partial charge on any atom is -0.399 e. The molecule has 1 aliphatic rings. The lowest BCUT2D eigenvalue weighted by atomic mass is 10.1. The van der Waals surface area contributed by atoms with Crippen LogP contribution in [0.25, 0.3) is 4.91 Å². The molecule has 0 spiro atoms. The van der Waals surface area contributed by atoms with E-state index in [2.05, 4.69) is 10.9 Å². The van der Waals surface area contributed by atoms with E-state index in [-0.39, 0.29) is 19.8 Å². The predicted molar refractivity (Wildman–Crippen MR) is 101 cm³/mol. The molecule has 24 heavy (non-hydrogen) atoms. The van der Waals surface area contributed by atoms with Gasteiger partial charge in [0.2, 0.25) is 0 Å². The minimum atomic E-state index is 0.00891. The molecule has 1 aromatic carbocycles. The summed E-state index contributed by atoms with van der Waals surface area (Å²) in [6.07, 6.45) is 2.01. The Balaban J connectivity index is 2.37. The van der Waals surface area contributed by atoms with Crippen LogP contribution in [0.15, 0.2) is 34.8 Å². The van der Waals surface area contributed by atoms with Crippen LogP contribution >= 0.6 is 11.8 Å². The van der Waals surface area contributed by atoms with Crippen molar-refractivity contribution in [2.24, 2.45) is 4.99 Å². The molecule has 0 unspecified atom stereocenters. The van der Waals surface area contributed by atoms with Crippen molar-refractivity contribution in [1.82, 2.24) is 0 Å². The highest BCUT2D eigenvalue weighted by Gasteiger charge is 2.18. The Morgan fingerprint density at radius 2 is 1.92 bits per heavy atom. The zero-order chi connectivity index (χ0) is 17.4. The van der Waals surface area contributed by atoms with Gasteiger partial charge in [0.15, 0.2) is 0 Å². The highest BCUT2D eigenvalue weighted by molar-refractivity contribution is 8.08. The van der Waals surface area contributed by atoms with E-state index in [1.54, 1.807) is 11.8 Å². The molecular formula is C17H23N3O3S. The summed E-state index contributed by atoms with van der Waals surface area (Å²) in [4.78, 5) is 7.04. The van der Waals surface area contributed by atoms with Crippen LogP contribution in [0.3, 0.4) is 0 Å². The average molecular weight is 349 g/mol. The lowest BCUT2D eigenvalue weighted by Gasteiger charge is -2.26. The van der Waals surface area contributed by atoms with Crippen molar-refractivity contribution in [3.8, 4) is 0 Å². The fourth-order valence-corrected chi connectivity index (χ4v) is 3.45. The van der Waals surface area contributed by atoms with E-state index < -0.39 is 0 Å². The average Bonchev–Trinajstić information content (AvgIpc) is 3.04. The van der Waals surface area contributed by atoms with E-state index in [1.165, 1.54) is 0 Å². The molecule has 1 aliphatic heterocycles. The maximum Gasteiger partial charge on any atom is 0.0715 e. The van der Waals surface area contributed by atoms with Crippen molar-refractivity contribution >= 4 is 33.9 Å². The first-order chi connectivity index (χ1) is 11.7. The molecule has 0 bridgehead atoms. The SMILES string of the molecule is Nc1ccc(N(CCO)CCO)c(C2=CC(=C=NCCO)CS2)c1. The van der Waals surface area contributed by atoms with Crippen LogP contribution in [0, 0.1) is 0 Å². The van der Waals surface area contributed by atoms with Gasteiger partial charge in [0, 0.05) is 46.3 Å². The van der Waals surface area contributed by atoms with Gasteiger partial charge in [0.05, 0.1) is 26.4 Å². The second kappa shape index (κ2) is 9.52. The maximum absolute atomic E-state index is 9.28. The molecule has 0 saturated carbocycles. The van der Waals surface area contributed by atoms with Gasteiger partial charge in [-0.15, -0.1) is 11.8 Å². The normalized spacial score (nSPS) is 13.6. The van der Waals surface area contributed by atoms with Crippen LogP contribution in [-0.4, -0.2) is 66.4 Å². The number of nitrogens with zero attached hydrogens (tertiary/aromatic N) is 2. The van der Waals surface area contributed by atoms with Gasteiger partial charge in [-0.05, 0) is 30.1 Å². The number of aliphatic hydroxyl groups is 3. The second-order valence-corrected chi connectivity index (χ2v) is 6.27. The van der Waals surface area contributed by atoms with E-state index in [9.17, 15) is 10.2 Å². The molecule has 6 nitrogen and oxygen atoms in total. The number of thioether (sulfide) groups is 1. The lowest BCUT2D eigenvalue weighted by molar-refractivity contribution is 0.281. The summed E-state index contributed by atoms with van der Waals surface area (Å²) < 4.78 is 0. The molecule has 1 heterocycles. The molecule has 0 atom stereocenters. The van der Waals surface area contributed by atoms with Crippen LogP contribution in [-0.2, 0) is 0 Å². The van der Waals surface area contributed by atoms with E-state index in [4.69, 9.17) is 10.8 Å². The largest absolute Gasteiger partial charge is 0.399 e. The smallest absolute Gasteiger partial charge is 0.0715 e. The van der Waals surface area contributed by atoms with Crippen molar-refractivity contribution in [2.75, 3.05) is 55.8 Å². The number of aliphatic imine (C=N–C) groups is 1. The molecule has 0 amide bonds. The molecule has 0 fully saturated rings. The first-order valence-electron chi connectivity index (χ1n) is 7.79. The number of rotatable bonds is 8. The van der Waals surface area contributed by atoms with Crippen molar-refractivity contribution in [2.45, 2.75) is 0 Å². The third-order valence-corrected chi connectivity index (χ3v) is 4.59. The van der Waals surface area contributed by atoms with E-state index in [1.807, 2.05) is 29.2 Å². The van der Waals surface area contributed by atoms with Gasteiger partial charge in [-0.2, -0.15) is 0 Å². The molecular weight excluding hydrogens is 326 g/mol. The summed E-state index contributed by atoms with van der Waals surface area (Å²) in [6.45, 7) is 1.26. The molecule has 0 saturated heterocycles. The van der Waals surface area contributed by atoms with Crippen molar-refractivity contribution in [3.05, 3.63) is 35.4 Å². The highest BCUT2D eigenvalue weighted by atomic mass is 32.2. The van der Waals surface area contributed by atoms with Gasteiger partial charge in [-0.25, -0.2) is 4.99 Å². The molecule has 130 valence electrons. The Hall–Kier alpha value is -1.76. The first kappa shape index (κ1) is 18.6. The molecule has 1 aromatic rings. The molecule has 5 N–H and O–H groups in total. The summed E-state index contributed by atoms with van der Waals surface area (Å²) in [5.41, 5.74) is 9.48. The Bertz CT molecular complexity index is 648. The quantitative estimate of drug-likeness (QED) is 0.408. The summed E-state index contributed by atoms with van der Waals surface area (Å²) in [7, 11) is 0. The van der Waals surface area contributed by atoms with Crippen LogP contribution in [0.1, 0.15) is 5.56 Å². The lowest BCUT2D eigenvalue weighted by Crippen LogP contribution is -2.30. The number of nitrogens with two attached hydrogens (primary N) is 1. The van der Waals surface area contributed by atoms with Gasteiger partial charge in [0.25, 0.3) is 0 Å². The third kappa shape index (κ3) is 4.87. The topological polar surface area (TPSA) is 102 Å². The number of allylic oxidation sites excluding steroid dienone is 1. The fourth-order valence-electron chi connectivity index (χ4n) is 2.45. The Morgan fingerprint density at radius 1 is 1.17 bits per heavy atom. The highest BCUT2D eigenvalue weighted by Crippen LogP contribution is 2.41. The van der Waals surface area contributed by atoms with Crippen LogP contribution < -0.4 is 10.6 Å². The Labute approximate surface area is 146 Å². The van der Waals surface area contributed by atoms with Gasteiger partial charge in [-0.1, -0.05) is 0 Å². The number of hydrogen-bond donors (Lipinski definition) is 4. The maximum atomic E-state index is 9.28. The second-order valence-electron chi connectivity index (χ2n) is 5.25. The monoisotopic (exact) mass is 349 g/mol. The fraction of sp³-hybridized carbons (Fsp3) is 0.412. The number of benzene rings is 1. The predicted octanol–water partition coefficient (Wildman–Crippen LogP) is 0.736. The van der Waals surface area contributed by atoms with E-state index in [0.717, 1.165) is 27.5 Å². The molecule has 7 heteroatoms.